The van der Waals surface area contributed by atoms with Crippen LogP contribution in [0.25, 0.3) is 0 Å². The van der Waals surface area contributed by atoms with Crippen LogP contribution in [-0.2, 0) is 9.53 Å². The molecule has 0 atom stereocenters. The quantitative estimate of drug-likeness (QED) is 0.600. The SMILES string of the molecule is CN=C(/C=C\CNC(=O)OC)C(=O)CBr. The molecule has 0 saturated heterocycles. The molecule has 0 aliphatic rings. The molecule has 5 nitrogen and oxygen atoms in total. The fraction of sp³-hybridized carbons (Fsp3) is 0.444. The van der Waals surface area contributed by atoms with Crippen LogP contribution < -0.4 is 5.32 Å². The third-order valence-corrected chi connectivity index (χ3v) is 1.98. The summed E-state index contributed by atoms with van der Waals surface area (Å²) in [5, 5.41) is 2.67. The first-order chi connectivity index (χ1) is 7.15. The van der Waals surface area contributed by atoms with Crippen molar-refractivity contribution < 1.29 is 14.3 Å². The van der Waals surface area contributed by atoms with Gasteiger partial charge in [0.2, 0.25) is 0 Å². The third kappa shape index (κ3) is 6.01. The molecule has 0 bridgehead atoms. The number of carbonyl (C=O) groups is 2. The molecular formula is C9H13BrN2O3. The summed E-state index contributed by atoms with van der Waals surface area (Å²) < 4.78 is 4.36. The Morgan fingerprint density at radius 3 is 2.67 bits per heavy atom. The Morgan fingerprint density at radius 1 is 1.53 bits per heavy atom. The molecule has 0 aliphatic heterocycles. The molecular weight excluding hydrogens is 264 g/mol. The van der Waals surface area contributed by atoms with Crippen LogP contribution in [0.3, 0.4) is 0 Å². The highest BCUT2D eigenvalue weighted by atomic mass is 79.9. The number of hydrogen-bond acceptors (Lipinski definition) is 4. The molecule has 0 heterocycles. The van der Waals surface area contributed by atoms with Gasteiger partial charge in [0.25, 0.3) is 0 Å². The molecule has 0 unspecified atom stereocenters. The van der Waals surface area contributed by atoms with Gasteiger partial charge >= 0.3 is 6.09 Å². The fourth-order valence-corrected chi connectivity index (χ4v) is 1.03. The van der Waals surface area contributed by atoms with E-state index in [4.69, 9.17) is 0 Å². The van der Waals surface area contributed by atoms with E-state index in [-0.39, 0.29) is 11.1 Å². The van der Waals surface area contributed by atoms with E-state index in [2.05, 4.69) is 31.0 Å². The number of alkyl halides is 1. The number of nitrogens with one attached hydrogen (secondary N) is 1. The van der Waals surface area contributed by atoms with Gasteiger partial charge in [0.05, 0.1) is 12.4 Å². The number of aliphatic imine (C=N–C) groups is 1. The summed E-state index contributed by atoms with van der Waals surface area (Å²) in [6, 6.07) is 0. The van der Waals surface area contributed by atoms with Crippen molar-refractivity contribution in [2.24, 2.45) is 4.99 Å². The summed E-state index contributed by atoms with van der Waals surface area (Å²) in [5.74, 6) is -0.105. The van der Waals surface area contributed by atoms with Crippen LogP contribution in [0.5, 0.6) is 0 Å². The van der Waals surface area contributed by atoms with Crippen molar-refractivity contribution in [3.63, 3.8) is 0 Å². The molecule has 6 heteroatoms. The summed E-state index contributed by atoms with van der Waals surface area (Å²) in [7, 11) is 2.82. The Labute approximate surface area is 96.7 Å². The second-order valence-corrected chi connectivity index (χ2v) is 3.00. The van der Waals surface area contributed by atoms with Gasteiger partial charge in [-0.3, -0.25) is 9.79 Å². The summed E-state index contributed by atoms with van der Waals surface area (Å²) in [4.78, 5) is 25.6. The van der Waals surface area contributed by atoms with Gasteiger partial charge in [0.15, 0.2) is 5.78 Å². The number of halogens is 1. The minimum absolute atomic E-state index is 0.105. The molecule has 0 radical (unpaired) electrons. The molecule has 0 spiro atoms. The number of ketones is 1. The third-order valence-electron chi connectivity index (χ3n) is 1.47. The Kier molecular flexibility index (Phi) is 7.53. The zero-order valence-corrected chi connectivity index (χ0v) is 10.2. The van der Waals surface area contributed by atoms with Crippen molar-refractivity contribution in [1.29, 1.82) is 0 Å². The number of alkyl carbamates (subject to hydrolysis) is 1. The van der Waals surface area contributed by atoms with E-state index < -0.39 is 6.09 Å². The normalized spacial score (nSPS) is 11.5. The maximum atomic E-state index is 11.2. The van der Waals surface area contributed by atoms with Crippen molar-refractivity contribution in [3.05, 3.63) is 12.2 Å². The number of carbonyl (C=O) groups excluding carboxylic acids is 2. The zero-order chi connectivity index (χ0) is 11.7. The number of hydrogen-bond donors (Lipinski definition) is 1. The minimum atomic E-state index is -0.513. The highest BCUT2D eigenvalue weighted by Gasteiger charge is 2.04. The minimum Gasteiger partial charge on any atom is -0.453 e. The number of allylic oxidation sites excluding steroid dienone is 1. The predicted octanol–water partition coefficient (Wildman–Crippen LogP) is 0.933. The monoisotopic (exact) mass is 276 g/mol. The van der Waals surface area contributed by atoms with Crippen LogP contribution >= 0.6 is 15.9 Å². The van der Waals surface area contributed by atoms with Gasteiger partial charge in [-0.1, -0.05) is 22.0 Å². The first kappa shape index (κ1) is 13.8. The molecule has 1 amide bonds. The number of methoxy groups -OCH3 is 1. The molecule has 0 rings (SSSR count). The molecule has 0 aromatic rings. The second-order valence-electron chi connectivity index (χ2n) is 2.44. The molecule has 0 fully saturated rings. The van der Waals surface area contributed by atoms with Gasteiger partial charge in [0, 0.05) is 13.6 Å². The summed E-state index contributed by atoms with van der Waals surface area (Å²) in [5.41, 5.74) is 0.360. The number of amides is 1. The second kappa shape index (κ2) is 8.16. The van der Waals surface area contributed by atoms with Crippen LogP contribution in [-0.4, -0.2) is 43.6 Å². The first-order valence-corrected chi connectivity index (χ1v) is 5.32. The number of ether oxygens (including phenoxy) is 1. The lowest BCUT2D eigenvalue weighted by molar-refractivity contribution is -0.110. The summed E-state index contributed by atoms with van der Waals surface area (Å²) >= 11 is 3.05. The first-order valence-electron chi connectivity index (χ1n) is 4.20. The standard InChI is InChI=1S/C9H13BrN2O3/c1-11-7(8(13)6-10)4-3-5-12-9(14)15-2/h3-4H,5-6H2,1-2H3,(H,12,14)/b4-3-,11-7?. The van der Waals surface area contributed by atoms with Crippen LogP contribution in [0.2, 0.25) is 0 Å². The van der Waals surface area contributed by atoms with E-state index in [1.54, 1.807) is 12.2 Å². The Bertz CT molecular complexity index is 287. The molecule has 84 valence electrons. The Hall–Kier alpha value is -1.17. The lowest BCUT2D eigenvalue weighted by atomic mass is 10.2. The Morgan fingerprint density at radius 2 is 2.20 bits per heavy atom. The molecule has 0 saturated carbocycles. The number of rotatable bonds is 5. The molecule has 0 aromatic heterocycles. The van der Waals surface area contributed by atoms with Gasteiger partial charge in [-0.2, -0.15) is 0 Å². The maximum Gasteiger partial charge on any atom is 0.407 e. The maximum absolute atomic E-state index is 11.2. The van der Waals surface area contributed by atoms with Crippen molar-refractivity contribution in [3.8, 4) is 0 Å². The predicted molar refractivity (Wildman–Crippen MR) is 61.7 cm³/mol. The lowest BCUT2D eigenvalue weighted by Gasteiger charge is -1.98. The van der Waals surface area contributed by atoms with Gasteiger partial charge in [-0.15, -0.1) is 0 Å². The summed E-state index contributed by atoms with van der Waals surface area (Å²) in [6.45, 7) is 0.293. The van der Waals surface area contributed by atoms with Crippen LogP contribution in [0.1, 0.15) is 0 Å². The molecule has 0 aliphatic carbocycles. The lowest BCUT2D eigenvalue weighted by Crippen LogP contribution is -2.23. The fourth-order valence-electron chi connectivity index (χ4n) is 0.746. The average Bonchev–Trinajstić information content (AvgIpc) is 2.27. The van der Waals surface area contributed by atoms with Crippen molar-refractivity contribution >= 4 is 33.5 Å². The molecule has 0 aromatic carbocycles. The van der Waals surface area contributed by atoms with Gasteiger partial charge in [-0.05, 0) is 6.08 Å². The van der Waals surface area contributed by atoms with E-state index in [0.29, 0.717) is 12.3 Å². The van der Waals surface area contributed by atoms with E-state index >= 15 is 0 Å². The topological polar surface area (TPSA) is 67.8 Å². The molecule has 15 heavy (non-hydrogen) atoms. The smallest absolute Gasteiger partial charge is 0.407 e. The van der Waals surface area contributed by atoms with Crippen molar-refractivity contribution in [2.45, 2.75) is 0 Å². The van der Waals surface area contributed by atoms with E-state index in [0.717, 1.165) is 0 Å². The number of Topliss-reactive ketones (excluding diaryl/α,β-unsaturated/α-hetero) is 1. The van der Waals surface area contributed by atoms with E-state index in [1.165, 1.54) is 14.2 Å². The van der Waals surface area contributed by atoms with Crippen LogP contribution in [0.4, 0.5) is 4.79 Å². The van der Waals surface area contributed by atoms with Gasteiger partial charge in [0.1, 0.15) is 5.71 Å². The van der Waals surface area contributed by atoms with Crippen LogP contribution in [0.15, 0.2) is 17.1 Å². The zero-order valence-electron chi connectivity index (χ0n) is 8.62. The van der Waals surface area contributed by atoms with E-state index in [9.17, 15) is 9.59 Å². The van der Waals surface area contributed by atoms with Crippen molar-refractivity contribution in [1.82, 2.24) is 5.32 Å². The Balaban J connectivity index is 4.04. The average molecular weight is 277 g/mol. The van der Waals surface area contributed by atoms with Gasteiger partial charge in [-0.25, -0.2) is 4.79 Å². The van der Waals surface area contributed by atoms with E-state index in [1.807, 2.05) is 0 Å². The van der Waals surface area contributed by atoms with Crippen molar-refractivity contribution in [2.75, 3.05) is 26.0 Å². The summed E-state index contributed by atoms with van der Waals surface area (Å²) in [6.07, 6.45) is 2.67. The largest absolute Gasteiger partial charge is 0.453 e. The highest BCUT2D eigenvalue weighted by Crippen LogP contribution is 1.89. The van der Waals surface area contributed by atoms with Gasteiger partial charge < -0.3 is 10.1 Å². The molecule has 1 N–H and O–H groups in total. The number of nitrogens with zero attached hydrogens (tertiary/aromatic N) is 1. The van der Waals surface area contributed by atoms with Crippen LogP contribution in [0, 0.1) is 0 Å². The highest BCUT2D eigenvalue weighted by molar-refractivity contribution is 9.09.